The van der Waals surface area contributed by atoms with Crippen molar-refractivity contribution in [3.63, 3.8) is 0 Å². The van der Waals surface area contributed by atoms with Crippen LogP contribution in [0.3, 0.4) is 0 Å². The van der Waals surface area contributed by atoms with Crippen molar-refractivity contribution in [3.05, 3.63) is 68.0 Å². The summed E-state index contributed by atoms with van der Waals surface area (Å²) in [6.07, 6.45) is 1.47. The highest BCUT2D eigenvalue weighted by Gasteiger charge is 2.11. The van der Waals surface area contributed by atoms with Crippen LogP contribution in [-0.2, 0) is 20.6 Å². The second-order valence-electron chi connectivity index (χ2n) is 5.19. The first-order valence-corrected chi connectivity index (χ1v) is 6.75. The van der Waals surface area contributed by atoms with E-state index in [4.69, 9.17) is 0 Å². The average Bonchev–Trinajstić information content (AvgIpc) is 2.49. The number of halogens is 2. The van der Waals surface area contributed by atoms with Crippen molar-refractivity contribution in [2.45, 2.75) is 19.5 Å². The van der Waals surface area contributed by atoms with Crippen LogP contribution in [0.5, 0.6) is 0 Å². The Morgan fingerprint density at radius 1 is 1.18 bits per heavy atom. The molecule has 0 bridgehead atoms. The van der Waals surface area contributed by atoms with Gasteiger partial charge in [0, 0.05) is 38.4 Å². The van der Waals surface area contributed by atoms with Gasteiger partial charge in [0.25, 0.3) is 5.56 Å². The maximum absolute atomic E-state index is 13.2. The second kappa shape index (κ2) is 6.23. The van der Waals surface area contributed by atoms with Crippen molar-refractivity contribution >= 4 is 0 Å². The lowest BCUT2D eigenvalue weighted by molar-refractivity contribution is 0.500. The van der Waals surface area contributed by atoms with Gasteiger partial charge in [-0.1, -0.05) is 6.07 Å². The number of nitrogens with one attached hydrogen (secondary N) is 1. The molecule has 22 heavy (non-hydrogen) atoms. The molecular weight excluding hydrogens is 292 g/mol. The van der Waals surface area contributed by atoms with E-state index in [1.807, 2.05) is 0 Å². The highest BCUT2D eigenvalue weighted by Crippen LogP contribution is 2.16. The van der Waals surface area contributed by atoms with Crippen LogP contribution < -0.4 is 16.6 Å². The number of hydrogen-bond acceptors (Lipinski definition) is 3. The van der Waals surface area contributed by atoms with E-state index in [-0.39, 0.29) is 18.1 Å². The Hall–Kier alpha value is -2.28. The van der Waals surface area contributed by atoms with Gasteiger partial charge in [0.05, 0.1) is 0 Å². The van der Waals surface area contributed by atoms with Crippen LogP contribution in [0.1, 0.15) is 24.1 Å². The van der Waals surface area contributed by atoms with E-state index in [1.165, 1.54) is 23.9 Å². The third-order valence-corrected chi connectivity index (χ3v) is 3.56. The van der Waals surface area contributed by atoms with Crippen molar-refractivity contribution in [2.75, 3.05) is 0 Å². The molecule has 0 fully saturated rings. The molecule has 118 valence electrons. The third kappa shape index (κ3) is 3.14. The van der Waals surface area contributed by atoms with Gasteiger partial charge in [-0.3, -0.25) is 9.36 Å². The van der Waals surface area contributed by atoms with Crippen molar-refractivity contribution < 1.29 is 8.78 Å². The summed E-state index contributed by atoms with van der Waals surface area (Å²) in [5.74, 6) is -1.81. The molecule has 0 spiro atoms. The van der Waals surface area contributed by atoms with E-state index in [0.29, 0.717) is 11.1 Å². The highest BCUT2D eigenvalue weighted by atomic mass is 19.2. The predicted octanol–water partition coefficient (Wildman–Crippen LogP) is 1.21. The molecule has 0 radical (unpaired) electrons. The minimum atomic E-state index is -0.913. The Morgan fingerprint density at radius 3 is 2.50 bits per heavy atom. The summed E-state index contributed by atoms with van der Waals surface area (Å²) in [7, 11) is 2.97. The van der Waals surface area contributed by atoms with Crippen LogP contribution in [0.25, 0.3) is 0 Å². The Bertz CT molecular complexity index is 811. The van der Waals surface area contributed by atoms with Gasteiger partial charge >= 0.3 is 5.69 Å². The van der Waals surface area contributed by atoms with Gasteiger partial charge < -0.3 is 9.88 Å². The fourth-order valence-corrected chi connectivity index (χ4v) is 2.17. The molecule has 0 saturated heterocycles. The van der Waals surface area contributed by atoms with Gasteiger partial charge in [0.2, 0.25) is 0 Å². The predicted molar refractivity (Wildman–Crippen MR) is 78.5 cm³/mol. The monoisotopic (exact) mass is 309 g/mol. The van der Waals surface area contributed by atoms with Crippen LogP contribution in [0.2, 0.25) is 0 Å². The van der Waals surface area contributed by atoms with E-state index < -0.39 is 17.3 Å². The number of aromatic nitrogens is 2. The molecule has 7 heteroatoms. The average molecular weight is 309 g/mol. The molecule has 1 aromatic heterocycles. The van der Waals surface area contributed by atoms with Crippen molar-refractivity contribution in [1.82, 2.24) is 14.5 Å². The van der Waals surface area contributed by atoms with Crippen LogP contribution in [-0.4, -0.2) is 9.13 Å². The first-order valence-electron chi connectivity index (χ1n) is 6.75. The smallest absolute Gasteiger partial charge is 0.306 e. The molecule has 0 aliphatic heterocycles. The van der Waals surface area contributed by atoms with E-state index in [0.717, 1.165) is 16.7 Å². The first kappa shape index (κ1) is 16.1. The van der Waals surface area contributed by atoms with Gasteiger partial charge in [-0.2, -0.15) is 0 Å². The molecule has 1 N–H and O–H groups in total. The fraction of sp³-hybridized carbons (Fsp3) is 0.333. The van der Waals surface area contributed by atoms with Crippen LogP contribution in [0, 0.1) is 11.6 Å². The number of hydrogen-bond donors (Lipinski definition) is 1. The summed E-state index contributed by atoms with van der Waals surface area (Å²) < 4.78 is 28.5. The molecule has 0 amide bonds. The van der Waals surface area contributed by atoms with E-state index in [1.54, 1.807) is 14.0 Å². The Labute approximate surface area is 125 Å². The van der Waals surface area contributed by atoms with E-state index in [2.05, 4.69) is 5.32 Å². The molecule has 5 nitrogen and oxygen atoms in total. The van der Waals surface area contributed by atoms with Gasteiger partial charge in [-0.15, -0.1) is 0 Å². The zero-order valence-corrected chi connectivity index (χ0v) is 12.6. The molecule has 1 heterocycles. The second-order valence-corrected chi connectivity index (χ2v) is 5.19. The lowest BCUT2D eigenvalue weighted by Crippen LogP contribution is -2.39. The van der Waals surface area contributed by atoms with Crippen molar-refractivity contribution in [2.24, 2.45) is 14.1 Å². The number of aryl methyl sites for hydroxylation is 1. The Morgan fingerprint density at radius 2 is 1.86 bits per heavy atom. The molecule has 0 saturated carbocycles. The molecule has 1 aromatic carbocycles. The lowest BCUT2D eigenvalue weighted by Gasteiger charge is -2.15. The van der Waals surface area contributed by atoms with Gasteiger partial charge in [-0.25, -0.2) is 13.6 Å². The van der Waals surface area contributed by atoms with Crippen molar-refractivity contribution in [1.29, 1.82) is 0 Å². The van der Waals surface area contributed by atoms with E-state index in [9.17, 15) is 18.4 Å². The van der Waals surface area contributed by atoms with E-state index >= 15 is 0 Å². The molecular formula is C15H17F2N3O2. The summed E-state index contributed by atoms with van der Waals surface area (Å²) >= 11 is 0. The summed E-state index contributed by atoms with van der Waals surface area (Å²) in [5.41, 5.74) is 0.204. The Balaban J connectivity index is 2.18. The summed E-state index contributed by atoms with van der Waals surface area (Å²) in [5, 5.41) is 3.06. The minimum absolute atomic E-state index is 0.209. The zero-order chi connectivity index (χ0) is 16.4. The number of benzene rings is 1. The maximum Gasteiger partial charge on any atom is 0.330 e. The molecule has 2 aromatic rings. The van der Waals surface area contributed by atoms with Gasteiger partial charge in [0.1, 0.15) is 0 Å². The zero-order valence-electron chi connectivity index (χ0n) is 12.6. The first-order chi connectivity index (χ1) is 10.3. The normalized spacial score (nSPS) is 12.4. The Kier molecular flexibility index (Phi) is 4.56. The molecule has 1 atom stereocenters. The third-order valence-electron chi connectivity index (χ3n) is 3.56. The molecule has 2 rings (SSSR count). The minimum Gasteiger partial charge on any atom is -0.306 e. The summed E-state index contributed by atoms with van der Waals surface area (Å²) in [6.45, 7) is 1.99. The topological polar surface area (TPSA) is 56.0 Å². The SMILES string of the molecule is C[C@H](NCc1cn(C)c(=O)n(C)c1=O)c1ccc(F)c(F)c1. The van der Waals surface area contributed by atoms with Crippen LogP contribution >= 0.6 is 0 Å². The lowest BCUT2D eigenvalue weighted by atomic mass is 10.1. The quantitative estimate of drug-likeness (QED) is 0.924. The number of rotatable bonds is 4. The molecule has 0 aliphatic carbocycles. The fourth-order valence-electron chi connectivity index (χ4n) is 2.17. The highest BCUT2D eigenvalue weighted by molar-refractivity contribution is 5.21. The summed E-state index contributed by atoms with van der Waals surface area (Å²) in [6, 6.07) is 3.38. The maximum atomic E-state index is 13.2. The number of nitrogens with zero attached hydrogens (tertiary/aromatic N) is 2. The van der Waals surface area contributed by atoms with Crippen LogP contribution in [0.4, 0.5) is 8.78 Å². The van der Waals surface area contributed by atoms with Gasteiger partial charge in [0.15, 0.2) is 11.6 Å². The molecule has 0 aliphatic rings. The standard InChI is InChI=1S/C15H17F2N3O2/c1-9(10-4-5-12(16)13(17)6-10)18-7-11-8-19(2)15(22)20(3)14(11)21/h4-6,8-9,18H,7H2,1-3H3/t9-/m0/s1. The summed E-state index contributed by atoms with van der Waals surface area (Å²) in [4.78, 5) is 23.6. The van der Waals surface area contributed by atoms with Crippen LogP contribution in [0.15, 0.2) is 34.0 Å². The largest absolute Gasteiger partial charge is 0.330 e. The van der Waals surface area contributed by atoms with Crippen molar-refractivity contribution in [3.8, 4) is 0 Å². The molecule has 0 unspecified atom stereocenters. The van der Waals surface area contributed by atoms with Gasteiger partial charge in [-0.05, 0) is 24.6 Å².